The number of amides is 1. The molecule has 160 valence electrons. The van der Waals surface area contributed by atoms with E-state index in [0.717, 1.165) is 52.4 Å². The first-order valence-electron chi connectivity index (χ1n) is 9.86. The average molecular weight is 432 g/mol. The second-order valence-corrected chi connectivity index (χ2v) is 7.78. The molecule has 3 heterocycles. The van der Waals surface area contributed by atoms with Gasteiger partial charge in [-0.15, -0.1) is 12.4 Å². The summed E-state index contributed by atoms with van der Waals surface area (Å²) in [7, 11) is 0. The van der Waals surface area contributed by atoms with Crippen LogP contribution in [0.4, 0.5) is 15.8 Å². The van der Waals surface area contributed by atoms with Gasteiger partial charge in [0.2, 0.25) is 5.91 Å². The van der Waals surface area contributed by atoms with Crippen molar-refractivity contribution in [1.29, 1.82) is 0 Å². The fraction of sp³-hybridized carbons (Fsp3) is 0.364. The van der Waals surface area contributed by atoms with Crippen LogP contribution in [-0.4, -0.2) is 27.9 Å². The zero-order valence-electron chi connectivity index (χ0n) is 17.6. The fourth-order valence-corrected chi connectivity index (χ4v) is 3.71. The lowest BCUT2D eigenvalue weighted by atomic mass is 10.0. The van der Waals surface area contributed by atoms with Crippen LogP contribution >= 0.6 is 12.4 Å². The van der Waals surface area contributed by atoms with Crippen molar-refractivity contribution in [2.45, 2.75) is 46.7 Å². The molecule has 3 aromatic rings. The third-order valence-electron chi connectivity index (χ3n) is 5.72. The predicted molar refractivity (Wildman–Crippen MR) is 120 cm³/mol. The molecule has 2 aromatic heterocycles. The van der Waals surface area contributed by atoms with Gasteiger partial charge < -0.3 is 20.4 Å². The number of pyridine rings is 1. The van der Waals surface area contributed by atoms with Crippen molar-refractivity contribution < 1.29 is 9.18 Å². The number of hydrogen-bond acceptors (Lipinski definition) is 4. The Morgan fingerprint density at radius 2 is 1.90 bits per heavy atom. The maximum atomic E-state index is 13.6. The van der Waals surface area contributed by atoms with Gasteiger partial charge in [-0.3, -0.25) is 4.79 Å². The van der Waals surface area contributed by atoms with Crippen molar-refractivity contribution in [3.05, 3.63) is 58.3 Å². The number of benzene rings is 1. The molecular weight excluding hydrogens is 405 g/mol. The quantitative estimate of drug-likeness (QED) is 0.570. The molecule has 0 unspecified atom stereocenters. The lowest BCUT2D eigenvalue weighted by Crippen LogP contribution is -2.50. The topological polar surface area (TPSA) is 70.5 Å². The third kappa shape index (κ3) is 4.13. The number of carbonyl (C=O) groups is 1. The van der Waals surface area contributed by atoms with E-state index in [1.807, 2.05) is 44.4 Å². The van der Waals surface area contributed by atoms with Crippen molar-refractivity contribution >= 4 is 35.3 Å². The third-order valence-corrected chi connectivity index (χ3v) is 5.72. The Hall–Kier alpha value is -2.64. The molecule has 1 aliphatic heterocycles. The first-order valence-corrected chi connectivity index (χ1v) is 9.86. The Labute approximate surface area is 181 Å². The van der Waals surface area contributed by atoms with Gasteiger partial charge in [0.15, 0.2) is 5.65 Å². The molecule has 1 amide bonds. The highest BCUT2D eigenvalue weighted by Gasteiger charge is 2.24. The van der Waals surface area contributed by atoms with Gasteiger partial charge in [0.05, 0.1) is 23.1 Å². The lowest BCUT2D eigenvalue weighted by Gasteiger charge is -2.26. The van der Waals surface area contributed by atoms with Crippen LogP contribution in [0.15, 0.2) is 24.4 Å². The van der Waals surface area contributed by atoms with Gasteiger partial charge in [-0.05, 0) is 75.5 Å². The van der Waals surface area contributed by atoms with Crippen LogP contribution in [0.25, 0.3) is 5.65 Å². The number of imidazole rings is 1. The Bertz CT molecular complexity index is 1080. The maximum Gasteiger partial charge on any atom is 0.241 e. The monoisotopic (exact) mass is 431 g/mol. The second-order valence-electron chi connectivity index (χ2n) is 7.78. The van der Waals surface area contributed by atoms with E-state index < -0.39 is 0 Å². The van der Waals surface area contributed by atoms with Crippen molar-refractivity contribution in [1.82, 2.24) is 14.7 Å². The van der Waals surface area contributed by atoms with E-state index in [9.17, 15) is 9.18 Å². The molecule has 3 N–H and O–H groups in total. The first kappa shape index (κ1) is 22.1. The highest BCUT2D eigenvalue weighted by Crippen LogP contribution is 2.26. The van der Waals surface area contributed by atoms with E-state index in [1.165, 1.54) is 0 Å². The summed E-state index contributed by atoms with van der Waals surface area (Å²) >= 11 is 0. The summed E-state index contributed by atoms with van der Waals surface area (Å²) in [6.45, 7) is 9.22. The van der Waals surface area contributed by atoms with E-state index in [2.05, 4.69) is 20.9 Å². The number of fused-ring (bicyclic) bond motifs is 1. The minimum Gasteiger partial charge on any atom is -0.378 e. The number of aromatic nitrogens is 2. The minimum absolute atomic E-state index is 0. The van der Waals surface area contributed by atoms with E-state index in [4.69, 9.17) is 0 Å². The molecule has 0 spiro atoms. The molecule has 4 rings (SSSR count). The number of carbonyl (C=O) groups excluding carboxylic acids is 1. The molecule has 0 bridgehead atoms. The number of hydrogen-bond donors (Lipinski definition) is 3. The maximum absolute atomic E-state index is 13.6. The molecule has 0 aliphatic carbocycles. The van der Waals surface area contributed by atoms with Crippen LogP contribution in [-0.2, 0) is 11.3 Å². The van der Waals surface area contributed by atoms with Gasteiger partial charge in [0.1, 0.15) is 5.82 Å². The minimum atomic E-state index is -0.222. The molecule has 8 heteroatoms. The number of nitrogens with one attached hydrogen (secondary N) is 3. The summed E-state index contributed by atoms with van der Waals surface area (Å²) in [4.78, 5) is 17.1. The van der Waals surface area contributed by atoms with Gasteiger partial charge in [-0.25, -0.2) is 9.37 Å². The fourth-order valence-electron chi connectivity index (χ4n) is 3.71. The summed E-state index contributed by atoms with van der Waals surface area (Å²) in [6.07, 6.45) is 2.76. The zero-order valence-corrected chi connectivity index (χ0v) is 18.4. The number of rotatable bonds is 5. The summed E-state index contributed by atoms with van der Waals surface area (Å²) in [5.41, 5.74) is 7.16. The van der Waals surface area contributed by atoms with Crippen molar-refractivity contribution in [2.75, 3.05) is 17.2 Å². The normalized spacial score (nSPS) is 15.4. The van der Waals surface area contributed by atoms with Crippen molar-refractivity contribution in [3.63, 3.8) is 0 Å². The molecule has 6 nitrogen and oxygen atoms in total. The Balaban J connectivity index is 0.00000256. The molecule has 1 aliphatic rings. The molecule has 30 heavy (non-hydrogen) atoms. The highest BCUT2D eigenvalue weighted by molar-refractivity contribution is 5.96. The lowest BCUT2D eigenvalue weighted by molar-refractivity contribution is -0.119. The molecule has 1 atom stereocenters. The van der Waals surface area contributed by atoms with Crippen LogP contribution in [0, 0.1) is 33.5 Å². The Morgan fingerprint density at radius 1 is 1.23 bits per heavy atom. The van der Waals surface area contributed by atoms with Gasteiger partial charge >= 0.3 is 0 Å². The summed E-state index contributed by atoms with van der Waals surface area (Å²) in [5.74, 6) is -0.249. The average Bonchev–Trinajstić information content (AvgIpc) is 2.87. The van der Waals surface area contributed by atoms with Crippen LogP contribution < -0.4 is 16.0 Å². The SMILES string of the molecule is Cc1cc(F)cc(C)c1CNc1cc(NC(=O)[C@@H]2CCN2)cn2c(C)c(C)nc12.Cl. The zero-order chi connectivity index (χ0) is 20.7. The number of aryl methyl sites for hydroxylation is 4. The molecule has 0 saturated carbocycles. The van der Waals surface area contributed by atoms with Crippen LogP contribution in [0.3, 0.4) is 0 Å². The van der Waals surface area contributed by atoms with Crippen molar-refractivity contribution in [2.24, 2.45) is 0 Å². The van der Waals surface area contributed by atoms with Gasteiger partial charge in [-0.2, -0.15) is 0 Å². The Morgan fingerprint density at radius 3 is 2.50 bits per heavy atom. The summed E-state index contributed by atoms with van der Waals surface area (Å²) in [5, 5.41) is 9.56. The van der Waals surface area contributed by atoms with E-state index >= 15 is 0 Å². The van der Waals surface area contributed by atoms with Crippen LogP contribution in [0.5, 0.6) is 0 Å². The van der Waals surface area contributed by atoms with E-state index in [1.54, 1.807) is 12.1 Å². The van der Waals surface area contributed by atoms with Gasteiger partial charge in [0.25, 0.3) is 0 Å². The predicted octanol–water partition coefficient (Wildman–Crippen LogP) is 4.04. The van der Waals surface area contributed by atoms with Gasteiger partial charge in [0, 0.05) is 18.4 Å². The number of halogens is 2. The Kier molecular flexibility index (Phi) is 6.33. The molecule has 1 saturated heterocycles. The van der Waals surface area contributed by atoms with E-state index in [-0.39, 0.29) is 30.2 Å². The largest absolute Gasteiger partial charge is 0.378 e. The van der Waals surface area contributed by atoms with E-state index in [0.29, 0.717) is 12.2 Å². The standard InChI is InChI=1S/C22H26FN5O.ClH/c1-12-7-16(23)8-13(2)18(12)10-25-20-9-17(27-22(29)19-5-6-24-19)11-28-15(4)14(3)26-21(20)28;/h7-9,11,19,24-25H,5-6,10H2,1-4H3,(H,27,29);1H/t19-;/m0./s1. The van der Waals surface area contributed by atoms with Crippen molar-refractivity contribution in [3.8, 4) is 0 Å². The molecule has 0 radical (unpaired) electrons. The second kappa shape index (κ2) is 8.62. The highest BCUT2D eigenvalue weighted by atomic mass is 35.5. The summed E-state index contributed by atoms with van der Waals surface area (Å²) in [6, 6.07) is 4.88. The number of anilines is 2. The van der Waals surface area contributed by atoms with Gasteiger partial charge in [-0.1, -0.05) is 0 Å². The molecule has 1 aromatic carbocycles. The number of nitrogens with zero attached hydrogens (tertiary/aromatic N) is 2. The first-order chi connectivity index (χ1) is 13.8. The van der Waals surface area contributed by atoms with Crippen LogP contribution in [0.2, 0.25) is 0 Å². The van der Waals surface area contributed by atoms with Crippen LogP contribution in [0.1, 0.15) is 34.5 Å². The smallest absolute Gasteiger partial charge is 0.241 e. The summed E-state index contributed by atoms with van der Waals surface area (Å²) < 4.78 is 15.6. The molecule has 1 fully saturated rings. The molecular formula is C22H27ClFN5O.